The van der Waals surface area contributed by atoms with Crippen molar-refractivity contribution in [2.24, 2.45) is 5.92 Å². The van der Waals surface area contributed by atoms with Crippen LogP contribution in [0.4, 0.5) is 14.9 Å². The van der Waals surface area contributed by atoms with E-state index >= 15 is 0 Å². The van der Waals surface area contributed by atoms with Crippen LogP contribution < -0.4 is 5.32 Å². The minimum absolute atomic E-state index is 0.131. The molecule has 0 spiro atoms. The van der Waals surface area contributed by atoms with Crippen molar-refractivity contribution >= 4 is 23.6 Å². The number of carboxylic acid groups (broad SMARTS) is 1. The molecule has 3 amide bonds. The topological polar surface area (TPSA) is 90.0 Å². The first kappa shape index (κ1) is 17.7. The Hall–Kier alpha value is -2.64. The Kier molecular flexibility index (Phi) is 5.38. The number of amides is 3. The van der Waals surface area contributed by atoms with Crippen molar-refractivity contribution in [3.63, 3.8) is 0 Å². The number of halogens is 1. The third-order valence-corrected chi connectivity index (χ3v) is 3.91. The smallest absolute Gasteiger partial charge is 0.321 e. The molecule has 0 aromatic heterocycles. The highest BCUT2D eigenvalue weighted by molar-refractivity contribution is 5.97. The lowest BCUT2D eigenvalue weighted by Gasteiger charge is -2.30. The predicted molar refractivity (Wildman–Crippen MR) is 85.4 cm³/mol. The number of carbonyl (C=O) groups is 3. The molecular formula is C16H20FN3O4. The van der Waals surface area contributed by atoms with Crippen LogP contribution in [0.5, 0.6) is 0 Å². The zero-order valence-electron chi connectivity index (χ0n) is 13.6. The fraction of sp³-hybridized carbons (Fsp3) is 0.438. The number of nitrogens with one attached hydrogen (secondary N) is 1. The molecule has 2 N–H and O–H groups in total. The van der Waals surface area contributed by atoms with Gasteiger partial charge in [0.25, 0.3) is 5.91 Å². The van der Waals surface area contributed by atoms with Crippen molar-refractivity contribution in [3.05, 3.63) is 29.6 Å². The molecule has 1 unspecified atom stereocenters. The number of carboxylic acids is 1. The molecule has 1 aliphatic heterocycles. The van der Waals surface area contributed by atoms with Crippen molar-refractivity contribution < 1.29 is 23.9 Å². The van der Waals surface area contributed by atoms with Gasteiger partial charge in [-0.1, -0.05) is 0 Å². The fourth-order valence-electron chi connectivity index (χ4n) is 2.57. The SMILES string of the molecule is CN(C)C(=O)c1cc(NC(=O)N2CCCC(C(=O)O)C2)ccc1F. The molecule has 2 rings (SSSR count). The second-order valence-electron chi connectivity index (χ2n) is 5.95. The van der Waals surface area contributed by atoms with Crippen molar-refractivity contribution in [2.75, 3.05) is 32.5 Å². The van der Waals surface area contributed by atoms with E-state index in [1.54, 1.807) is 0 Å². The van der Waals surface area contributed by atoms with Crippen LogP contribution in [0.25, 0.3) is 0 Å². The van der Waals surface area contributed by atoms with E-state index in [2.05, 4.69) is 5.32 Å². The molecular weight excluding hydrogens is 317 g/mol. The van der Waals surface area contributed by atoms with E-state index in [1.807, 2.05) is 0 Å². The van der Waals surface area contributed by atoms with Gasteiger partial charge in [0.2, 0.25) is 0 Å². The highest BCUT2D eigenvalue weighted by Crippen LogP contribution is 2.20. The number of likely N-dealkylation sites (tertiary alicyclic amines) is 1. The van der Waals surface area contributed by atoms with E-state index in [1.165, 1.54) is 36.0 Å². The molecule has 1 aromatic carbocycles. The average molecular weight is 337 g/mol. The molecule has 1 saturated heterocycles. The van der Waals surface area contributed by atoms with Crippen LogP contribution in [0, 0.1) is 11.7 Å². The lowest BCUT2D eigenvalue weighted by molar-refractivity contribution is -0.143. The second kappa shape index (κ2) is 7.29. The van der Waals surface area contributed by atoms with Gasteiger partial charge < -0.3 is 20.2 Å². The number of piperidine rings is 1. The molecule has 0 bridgehead atoms. The molecule has 8 heteroatoms. The van der Waals surface area contributed by atoms with Crippen LogP contribution in [0.2, 0.25) is 0 Å². The number of anilines is 1. The van der Waals surface area contributed by atoms with Gasteiger partial charge in [-0.15, -0.1) is 0 Å². The zero-order chi connectivity index (χ0) is 17.9. The Bertz CT molecular complexity index is 663. The Balaban J connectivity index is 2.10. The summed E-state index contributed by atoms with van der Waals surface area (Å²) in [4.78, 5) is 37.9. The summed E-state index contributed by atoms with van der Waals surface area (Å²) in [5.74, 6) is -2.68. The predicted octanol–water partition coefficient (Wildman–Crippen LogP) is 1.86. The summed E-state index contributed by atoms with van der Waals surface area (Å²) >= 11 is 0. The molecule has 130 valence electrons. The summed E-state index contributed by atoms with van der Waals surface area (Å²) in [6.45, 7) is 0.589. The van der Waals surface area contributed by atoms with Crippen molar-refractivity contribution in [1.29, 1.82) is 0 Å². The van der Waals surface area contributed by atoms with Crippen LogP contribution in [0.1, 0.15) is 23.2 Å². The molecule has 0 radical (unpaired) electrons. The Morgan fingerprint density at radius 1 is 1.33 bits per heavy atom. The lowest BCUT2D eigenvalue weighted by Crippen LogP contribution is -2.44. The molecule has 1 atom stereocenters. The Morgan fingerprint density at radius 3 is 2.67 bits per heavy atom. The first-order valence-electron chi connectivity index (χ1n) is 7.59. The lowest BCUT2D eigenvalue weighted by atomic mass is 9.99. The van der Waals surface area contributed by atoms with Gasteiger partial charge >= 0.3 is 12.0 Å². The maximum absolute atomic E-state index is 13.8. The van der Waals surface area contributed by atoms with Crippen molar-refractivity contribution in [2.45, 2.75) is 12.8 Å². The number of carbonyl (C=O) groups excluding carboxylic acids is 2. The molecule has 1 heterocycles. The number of aliphatic carboxylic acids is 1. The average Bonchev–Trinajstić information content (AvgIpc) is 2.55. The molecule has 1 fully saturated rings. The maximum Gasteiger partial charge on any atom is 0.321 e. The first-order chi connectivity index (χ1) is 11.3. The van der Waals surface area contributed by atoms with Crippen molar-refractivity contribution in [1.82, 2.24) is 9.80 Å². The highest BCUT2D eigenvalue weighted by Gasteiger charge is 2.28. The summed E-state index contributed by atoms with van der Waals surface area (Å²) in [6.07, 6.45) is 1.15. The Labute approximate surface area is 139 Å². The van der Waals surface area contributed by atoms with E-state index in [-0.39, 0.29) is 17.8 Å². The van der Waals surface area contributed by atoms with E-state index in [0.29, 0.717) is 19.4 Å². The summed E-state index contributed by atoms with van der Waals surface area (Å²) in [6, 6.07) is 3.28. The zero-order valence-corrected chi connectivity index (χ0v) is 13.6. The number of rotatable bonds is 3. The number of hydrogen-bond donors (Lipinski definition) is 2. The number of urea groups is 1. The number of benzene rings is 1. The van der Waals surface area contributed by atoms with Crippen LogP contribution in [0.15, 0.2) is 18.2 Å². The largest absolute Gasteiger partial charge is 0.481 e. The van der Waals surface area contributed by atoms with Gasteiger partial charge in [0.15, 0.2) is 0 Å². The first-order valence-corrected chi connectivity index (χ1v) is 7.59. The summed E-state index contributed by atoms with van der Waals surface area (Å²) in [5.41, 5.74) is 0.143. The molecule has 7 nitrogen and oxygen atoms in total. The van der Waals surface area contributed by atoms with Crippen LogP contribution in [0.3, 0.4) is 0 Å². The van der Waals surface area contributed by atoms with Crippen LogP contribution in [-0.2, 0) is 4.79 Å². The normalized spacial score (nSPS) is 17.3. The highest BCUT2D eigenvalue weighted by atomic mass is 19.1. The number of nitrogens with zero attached hydrogens (tertiary/aromatic N) is 2. The molecule has 1 aromatic rings. The number of hydrogen-bond acceptors (Lipinski definition) is 3. The monoisotopic (exact) mass is 337 g/mol. The van der Waals surface area contributed by atoms with Crippen LogP contribution >= 0.6 is 0 Å². The third kappa shape index (κ3) is 4.01. The fourth-order valence-corrected chi connectivity index (χ4v) is 2.57. The van der Waals surface area contributed by atoms with Gasteiger partial charge in [-0.25, -0.2) is 9.18 Å². The van der Waals surface area contributed by atoms with E-state index in [0.717, 1.165) is 6.07 Å². The van der Waals surface area contributed by atoms with Gasteiger partial charge in [0, 0.05) is 32.9 Å². The van der Waals surface area contributed by atoms with E-state index < -0.39 is 29.6 Å². The second-order valence-corrected chi connectivity index (χ2v) is 5.95. The van der Waals surface area contributed by atoms with Crippen LogP contribution in [-0.4, -0.2) is 60.0 Å². The third-order valence-electron chi connectivity index (χ3n) is 3.91. The summed E-state index contributed by atoms with van der Waals surface area (Å²) < 4.78 is 13.8. The van der Waals surface area contributed by atoms with Gasteiger partial charge in [-0.05, 0) is 31.0 Å². The Morgan fingerprint density at radius 2 is 2.04 bits per heavy atom. The van der Waals surface area contributed by atoms with Crippen molar-refractivity contribution in [3.8, 4) is 0 Å². The molecule has 1 aliphatic rings. The van der Waals surface area contributed by atoms with Gasteiger partial charge in [0.1, 0.15) is 5.82 Å². The van der Waals surface area contributed by atoms with E-state index in [9.17, 15) is 18.8 Å². The molecule has 0 aliphatic carbocycles. The van der Waals surface area contributed by atoms with Gasteiger partial charge in [0.05, 0.1) is 11.5 Å². The van der Waals surface area contributed by atoms with Gasteiger partial charge in [-0.2, -0.15) is 0 Å². The van der Waals surface area contributed by atoms with E-state index in [4.69, 9.17) is 5.11 Å². The van der Waals surface area contributed by atoms with Gasteiger partial charge in [-0.3, -0.25) is 9.59 Å². The maximum atomic E-state index is 13.8. The summed E-state index contributed by atoms with van der Waals surface area (Å²) in [7, 11) is 3.01. The molecule has 0 saturated carbocycles. The molecule has 24 heavy (non-hydrogen) atoms. The quantitative estimate of drug-likeness (QED) is 0.881. The standard InChI is InChI=1S/C16H20FN3O4/c1-19(2)14(21)12-8-11(5-6-13(12)17)18-16(24)20-7-3-4-10(9-20)15(22)23/h5-6,8,10H,3-4,7,9H2,1-2H3,(H,18,24)(H,22,23). The minimum Gasteiger partial charge on any atom is -0.481 e. The minimum atomic E-state index is -0.923. The summed E-state index contributed by atoms with van der Waals surface area (Å²) in [5, 5.41) is 11.7.